The molecule has 0 amide bonds. The zero-order chi connectivity index (χ0) is 10.2. The van der Waals surface area contributed by atoms with Crippen molar-refractivity contribution in [3.05, 3.63) is 29.6 Å². The number of hydrogen-bond acceptors (Lipinski definition) is 2. The molecule has 1 aromatic rings. The number of nitrogens with zero attached hydrogens (tertiary/aromatic N) is 1. The third-order valence-corrected chi connectivity index (χ3v) is 3.05. The van der Waals surface area contributed by atoms with Crippen LogP contribution in [0.15, 0.2) is 18.3 Å². The topological polar surface area (TPSA) is 33.1 Å². The zero-order valence-electron chi connectivity index (χ0n) is 8.83. The second-order valence-electron chi connectivity index (χ2n) is 4.65. The Bertz CT molecular complexity index is 327. The Morgan fingerprint density at radius 3 is 3.00 bits per heavy atom. The molecule has 1 atom stereocenters. The monoisotopic (exact) mass is 191 g/mol. The van der Waals surface area contributed by atoms with Crippen molar-refractivity contribution in [1.29, 1.82) is 0 Å². The van der Waals surface area contributed by atoms with Crippen LogP contribution in [0.1, 0.15) is 43.9 Å². The summed E-state index contributed by atoms with van der Waals surface area (Å²) in [7, 11) is 0. The molecule has 0 bridgehead atoms. The normalized spacial score (nSPS) is 21.8. The first kappa shape index (κ1) is 9.66. The minimum atomic E-state index is -0.649. The minimum Gasteiger partial charge on any atom is -0.390 e. The Labute approximate surface area is 85.0 Å². The molecule has 2 heteroatoms. The highest BCUT2D eigenvalue weighted by molar-refractivity contribution is 5.27. The summed E-state index contributed by atoms with van der Waals surface area (Å²) in [6, 6.07) is 4.10. The molecular weight excluding hydrogens is 174 g/mol. The average molecular weight is 191 g/mol. The summed E-state index contributed by atoms with van der Waals surface area (Å²) < 4.78 is 0. The van der Waals surface area contributed by atoms with Crippen molar-refractivity contribution >= 4 is 0 Å². The van der Waals surface area contributed by atoms with E-state index < -0.39 is 5.60 Å². The molecule has 14 heavy (non-hydrogen) atoms. The molecule has 76 valence electrons. The van der Waals surface area contributed by atoms with E-state index in [1.165, 1.54) is 5.56 Å². The van der Waals surface area contributed by atoms with Crippen LogP contribution in [0.4, 0.5) is 0 Å². The molecule has 0 saturated carbocycles. The Morgan fingerprint density at radius 1 is 1.50 bits per heavy atom. The van der Waals surface area contributed by atoms with Gasteiger partial charge in [-0.3, -0.25) is 4.98 Å². The molecule has 0 aliphatic heterocycles. The number of aryl methyl sites for hydroxylation is 1. The Balaban J connectivity index is 2.41. The van der Waals surface area contributed by atoms with Crippen LogP contribution in [0.5, 0.6) is 0 Å². The first-order valence-electron chi connectivity index (χ1n) is 5.25. The molecular formula is C12H17NO. The quantitative estimate of drug-likeness (QED) is 0.738. The van der Waals surface area contributed by atoms with Gasteiger partial charge in [-0.1, -0.05) is 6.07 Å². The van der Waals surface area contributed by atoms with Gasteiger partial charge in [-0.2, -0.15) is 0 Å². The maximum Gasteiger partial charge on any atom is 0.0675 e. The van der Waals surface area contributed by atoms with Crippen LogP contribution in [0.25, 0.3) is 0 Å². The molecule has 1 heterocycles. The predicted octanol–water partition coefficient (Wildman–Crippen LogP) is 2.27. The van der Waals surface area contributed by atoms with Gasteiger partial charge in [0.15, 0.2) is 0 Å². The van der Waals surface area contributed by atoms with Gasteiger partial charge >= 0.3 is 0 Å². The van der Waals surface area contributed by atoms with E-state index in [0.29, 0.717) is 0 Å². The number of fused-ring (bicyclic) bond motifs is 1. The second-order valence-corrected chi connectivity index (χ2v) is 4.65. The number of pyridine rings is 1. The van der Waals surface area contributed by atoms with Gasteiger partial charge in [-0.05, 0) is 44.7 Å². The zero-order valence-corrected chi connectivity index (χ0v) is 8.83. The van der Waals surface area contributed by atoms with Crippen molar-refractivity contribution in [1.82, 2.24) is 4.98 Å². The van der Waals surface area contributed by atoms with E-state index in [1.807, 2.05) is 26.1 Å². The van der Waals surface area contributed by atoms with Crippen molar-refractivity contribution in [2.45, 2.75) is 44.6 Å². The molecule has 0 saturated heterocycles. The molecule has 1 aromatic heterocycles. The average Bonchev–Trinajstić information content (AvgIpc) is 2.15. The fourth-order valence-electron chi connectivity index (χ4n) is 2.30. The maximum absolute atomic E-state index is 10.0. The summed E-state index contributed by atoms with van der Waals surface area (Å²) in [5.74, 6) is 0.201. The van der Waals surface area contributed by atoms with Gasteiger partial charge in [0.05, 0.1) is 5.60 Å². The van der Waals surface area contributed by atoms with Crippen molar-refractivity contribution < 1.29 is 5.11 Å². The van der Waals surface area contributed by atoms with E-state index in [-0.39, 0.29) is 5.92 Å². The molecule has 1 N–H and O–H groups in total. The SMILES string of the molecule is CC(C)(O)C1CCCc2cccnc21. The lowest BCUT2D eigenvalue weighted by molar-refractivity contribution is 0.0419. The Hall–Kier alpha value is -0.890. The predicted molar refractivity (Wildman–Crippen MR) is 56.2 cm³/mol. The molecule has 2 rings (SSSR count). The van der Waals surface area contributed by atoms with Crippen LogP contribution in [-0.2, 0) is 6.42 Å². The molecule has 0 radical (unpaired) electrons. The Kier molecular flexibility index (Phi) is 2.31. The molecule has 1 unspecified atom stereocenters. The highest BCUT2D eigenvalue weighted by Gasteiger charge is 2.32. The summed E-state index contributed by atoms with van der Waals surface area (Å²) in [5, 5.41) is 10.0. The van der Waals surface area contributed by atoms with Crippen molar-refractivity contribution in [3.63, 3.8) is 0 Å². The maximum atomic E-state index is 10.0. The van der Waals surface area contributed by atoms with Gasteiger partial charge in [0.25, 0.3) is 0 Å². The minimum absolute atomic E-state index is 0.201. The van der Waals surface area contributed by atoms with E-state index in [2.05, 4.69) is 11.1 Å². The van der Waals surface area contributed by atoms with E-state index in [9.17, 15) is 5.11 Å². The van der Waals surface area contributed by atoms with Crippen LogP contribution >= 0.6 is 0 Å². The lowest BCUT2D eigenvalue weighted by Crippen LogP contribution is -2.32. The van der Waals surface area contributed by atoms with Gasteiger partial charge in [0, 0.05) is 17.8 Å². The van der Waals surface area contributed by atoms with E-state index >= 15 is 0 Å². The van der Waals surface area contributed by atoms with Crippen LogP contribution in [-0.4, -0.2) is 15.7 Å². The molecule has 2 nitrogen and oxygen atoms in total. The summed E-state index contributed by atoms with van der Waals surface area (Å²) in [4.78, 5) is 4.41. The number of aliphatic hydroxyl groups is 1. The van der Waals surface area contributed by atoms with Gasteiger partial charge < -0.3 is 5.11 Å². The molecule has 0 spiro atoms. The van der Waals surface area contributed by atoms with Crippen molar-refractivity contribution in [2.24, 2.45) is 0 Å². The first-order valence-corrected chi connectivity index (χ1v) is 5.25. The van der Waals surface area contributed by atoms with Crippen molar-refractivity contribution in [3.8, 4) is 0 Å². The lowest BCUT2D eigenvalue weighted by atomic mass is 9.77. The van der Waals surface area contributed by atoms with Crippen LogP contribution in [0.3, 0.4) is 0 Å². The molecule has 0 fully saturated rings. The highest BCUT2D eigenvalue weighted by atomic mass is 16.3. The van der Waals surface area contributed by atoms with Crippen molar-refractivity contribution in [2.75, 3.05) is 0 Å². The highest BCUT2D eigenvalue weighted by Crippen LogP contribution is 2.37. The summed E-state index contributed by atoms with van der Waals surface area (Å²) in [6.07, 6.45) is 5.14. The van der Waals surface area contributed by atoms with Crippen LogP contribution < -0.4 is 0 Å². The molecule has 1 aliphatic rings. The molecule has 1 aliphatic carbocycles. The molecule has 0 aromatic carbocycles. The number of hydrogen-bond donors (Lipinski definition) is 1. The number of rotatable bonds is 1. The fraction of sp³-hybridized carbons (Fsp3) is 0.583. The van der Waals surface area contributed by atoms with Gasteiger partial charge in [-0.15, -0.1) is 0 Å². The third kappa shape index (κ3) is 1.67. The largest absolute Gasteiger partial charge is 0.390 e. The van der Waals surface area contributed by atoms with E-state index in [0.717, 1.165) is 25.0 Å². The van der Waals surface area contributed by atoms with Gasteiger partial charge in [-0.25, -0.2) is 0 Å². The second kappa shape index (κ2) is 3.35. The number of aromatic nitrogens is 1. The van der Waals surface area contributed by atoms with E-state index in [1.54, 1.807) is 0 Å². The Morgan fingerprint density at radius 2 is 2.29 bits per heavy atom. The van der Waals surface area contributed by atoms with Gasteiger partial charge in [0.2, 0.25) is 0 Å². The third-order valence-electron chi connectivity index (χ3n) is 3.05. The van der Waals surface area contributed by atoms with E-state index in [4.69, 9.17) is 0 Å². The lowest BCUT2D eigenvalue weighted by Gasteiger charge is -2.33. The standard InChI is InChI=1S/C12H17NO/c1-12(2,14)10-7-3-5-9-6-4-8-13-11(9)10/h4,6,8,10,14H,3,5,7H2,1-2H3. The fourth-order valence-corrected chi connectivity index (χ4v) is 2.30. The summed E-state index contributed by atoms with van der Waals surface area (Å²) >= 11 is 0. The smallest absolute Gasteiger partial charge is 0.0675 e. The van der Waals surface area contributed by atoms with Gasteiger partial charge in [0.1, 0.15) is 0 Å². The van der Waals surface area contributed by atoms with Crippen LogP contribution in [0.2, 0.25) is 0 Å². The first-order chi connectivity index (χ1) is 6.59. The van der Waals surface area contributed by atoms with Crippen LogP contribution in [0, 0.1) is 0 Å². The summed E-state index contributed by atoms with van der Waals surface area (Å²) in [5.41, 5.74) is 1.76. The summed E-state index contributed by atoms with van der Waals surface area (Å²) in [6.45, 7) is 3.75.